The number of nitrogens with two attached hydrogens (primary N) is 3. The molecule has 0 aromatic heterocycles. The summed E-state index contributed by atoms with van der Waals surface area (Å²) in [7, 11) is 0. The van der Waals surface area contributed by atoms with Gasteiger partial charge in [-0.05, 0) is 44.1 Å². The summed E-state index contributed by atoms with van der Waals surface area (Å²) in [5.74, 6) is -6.02. The van der Waals surface area contributed by atoms with Crippen molar-refractivity contribution in [2.45, 2.75) is 69.1 Å². The third-order valence-corrected chi connectivity index (χ3v) is 5.73. The van der Waals surface area contributed by atoms with Crippen LogP contribution in [0.3, 0.4) is 0 Å². The molecule has 0 aliphatic heterocycles. The molecule has 17 heteroatoms. The van der Waals surface area contributed by atoms with Crippen molar-refractivity contribution in [2.24, 2.45) is 22.2 Å². The summed E-state index contributed by atoms with van der Waals surface area (Å²) >= 11 is 1.37. The molecule has 0 heterocycles. The van der Waals surface area contributed by atoms with Gasteiger partial charge < -0.3 is 48.5 Å². The predicted molar refractivity (Wildman–Crippen MR) is 138 cm³/mol. The number of nitrogens with zero attached hydrogens (tertiary/aromatic N) is 1. The van der Waals surface area contributed by atoms with E-state index < -0.39 is 66.2 Å². The Morgan fingerprint density at radius 1 is 0.763 bits per heavy atom. The second-order valence-corrected chi connectivity index (χ2v) is 9.21. The average Bonchev–Trinajstić information content (AvgIpc) is 2.83. The second kappa shape index (κ2) is 18.6. The number of thioether (sulfide) groups is 1. The van der Waals surface area contributed by atoms with Gasteiger partial charge in [-0.2, -0.15) is 11.8 Å². The van der Waals surface area contributed by atoms with Crippen molar-refractivity contribution in [3.8, 4) is 0 Å². The van der Waals surface area contributed by atoms with Gasteiger partial charge in [0.2, 0.25) is 17.7 Å². The molecule has 38 heavy (non-hydrogen) atoms. The largest absolute Gasteiger partial charge is 0.481 e. The molecule has 0 bridgehead atoms. The number of hydrogen-bond acceptors (Lipinski definition) is 9. The van der Waals surface area contributed by atoms with E-state index in [1.54, 1.807) is 6.26 Å². The summed E-state index contributed by atoms with van der Waals surface area (Å²) in [6.45, 7) is 0.118. The minimum Gasteiger partial charge on any atom is -0.481 e. The predicted octanol–water partition coefficient (Wildman–Crippen LogP) is -2.61. The lowest BCUT2D eigenvalue weighted by molar-refractivity contribution is -0.143. The highest BCUT2D eigenvalue weighted by Gasteiger charge is 2.30. The molecule has 0 aromatic rings. The van der Waals surface area contributed by atoms with Gasteiger partial charge in [-0.25, -0.2) is 4.79 Å². The highest BCUT2D eigenvalue weighted by molar-refractivity contribution is 7.98. The number of nitrogens with one attached hydrogen (secondary N) is 3. The number of guanidine groups is 1. The van der Waals surface area contributed by atoms with Crippen LogP contribution >= 0.6 is 11.8 Å². The lowest BCUT2D eigenvalue weighted by Gasteiger charge is -2.25. The molecule has 0 spiro atoms. The maximum Gasteiger partial charge on any atom is 0.326 e. The van der Waals surface area contributed by atoms with Gasteiger partial charge in [0.25, 0.3) is 0 Å². The number of carboxylic acids is 3. The zero-order chi connectivity index (χ0) is 29.3. The fourth-order valence-electron chi connectivity index (χ4n) is 3.04. The Balaban J connectivity index is 5.51. The monoisotopic (exact) mass is 563 g/mol. The number of hydrogen-bond donors (Lipinski definition) is 9. The van der Waals surface area contributed by atoms with Gasteiger partial charge in [0, 0.05) is 19.4 Å². The van der Waals surface area contributed by atoms with E-state index >= 15 is 0 Å². The van der Waals surface area contributed by atoms with E-state index in [9.17, 15) is 33.9 Å². The summed E-state index contributed by atoms with van der Waals surface area (Å²) in [5, 5.41) is 34.3. The molecule has 0 fully saturated rings. The van der Waals surface area contributed by atoms with E-state index in [1.807, 2.05) is 0 Å². The van der Waals surface area contributed by atoms with Crippen molar-refractivity contribution in [3.05, 3.63) is 0 Å². The number of carboxylic acid groups (broad SMARTS) is 3. The average molecular weight is 564 g/mol. The van der Waals surface area contributed by atoms with Gasteiger partial charge in [0.15, 0.2) is 5.96 Å². The summed E-state index contributed by atoms with van der Waals surface area (Å²) in [4.78, 5) is 75.4. The van der Waals surface area contributed by atoms with E-state index in [0.29, 0.717) is 5.75 Å². The number of amides is 3. The molecule has 3 amide bonds. The Morgan fingerprint density at radius 2 is 1.26 bits per heavy atom. The van der Waals surface area contributed by atoms with Crippen LogP contribution in [0.25, 0.3) is 0 Å². The molecule has 12 N–H and O–H groups in total. The SMILES string of the molecule is CSCCC(NC(=O)C(N)CCC(=O)O)C(=O)NC(CCC(=O)O)C(=O)NC(CCCN=C(N)N)C(=O)O. The van der Waals surface area contributed by atoms with Crippen LogP contribution in [0.15, 0.2) is 4.99 Å². The number of aliphatic carboxylic acids is 3. The Hall–Kier alpha value is -3.60. The van der Waals surface area contributed by atoms with E-state index in [0.717, 1.165) is 0 Å². The van der Waals surface area contributed by atoms with Crippen LogP contribution in [0.2, 0.25) is 0 Å². The fourth-order valence-corrected chi connectivity index (χ4v) is 3.51. The van der Waals surface area contributed by atoms with Crippen LogP contribution < -0.4 is 33.2 Å². The maximum absolute atomic E-state index is 13.0. The molecule has 16 nitrogen and oxygen atoms in total. The molecular formula is C21H37N7O9S. The van der Waals surface area contributed by atoms with Gasteiger partial charge in [0.1, 0.15) is 18.1 Å². The zero-order valence-electron chi connectivity index (χ0n) is 21.1. The van der Waals surface area contributed by atoms with Gasteiger partial charge in [0.05, 0.1) is 6.04 Å². The van der Waals surface area contributed by atoms with Crippen molar-refractivity contribution in [3.63, 3.8) is 0 Å². The first-order valence-electron chi connectivity index (χ1n) is 11.7. The highest BCUT2D eigenvalue weighted by Crippen LogP contribution is 2.07. The number of rotatable bonds is 20. The molecule has 0 rings (SSSR count). The van der Waals surface area contributed by atoms with Gasteiger partial charge in [-0.15, -0.1) is 0 Å². The zero-order valence-corrected chi connectivity index (χ0v) is 21.9. The summed E-state index contributed by atoms with van der Waals surface area (Å²) < 4.78 is 0. The standard InChI is InChI=1S/C21H37N7O9S/c1-38-10-8-13(26-17(33)11(22)4-6-15(29)30)19(35)27-12(5-7-16(31)32)18(34)28-14(20(36)37)3-2-9-25-21(23)24/h11-14H,2-10,22H2,1H3,(H,26,33)(H,27,35)(H,28,34)(H,29,30)(H,31,32)(H,36,37)(H4,23,24,25). The molecule has 4 atom stereocenters. The third-order valence-electron chi connectivity index (χ3n) is 5.09. The smallest absolute Gasteiger partial charge is 0.326 e. The number of carbonyl (C=O) groups is 6. The maximum atomic E-state index is 13.0. The summed E-state index contributed by atoms with van der Waals surface area (Å²) in [6, 6.07) is -5.15. The fraction of sp³-hybridized carbons (Fsp3) is 0.667. The lowest BCUT2D eigenvalue weighted by atomic mass is 10.1. The summed E-state index contributed by atoms with van der Waals surface area (Å²) in [5.41, 5.74) is 16.1. The normalized spacial score (nSPS) is 13.7. The first kappa shape index (κ1) is 34.4. The van der Waals surface area contributed by atoms with E-state index in [2.05, 4.69) is 20.9 Å². The molecule has 0 saturated carbocycles. The molecule has 0 saturated heterocycles. The lowest BCUT2D eigenvalue weighted by Crippen LogP contribution is -2.57. The molecule has 0 aliphatic carbocycles. The second-order valence-electron chi connectivity index (χ2n) is 8.22. The highest BCUT2D eigenvalue weighted by atomic mass is 32.2. The Bertz CT molecular complexity index is 868. The Morgan fingerprint density at radius 3 is 1.76 bits per heavy atom. The Labute approximate surface area is 223 Å². The molecule has 4 unspecified atom stereocenters. The van der Waals surface area contributed by atoms with E-state index in [-0.39, 0.29) is 51.0 Å². The molecule has 0 radical (unpaired) electrons. The van der Waals surface area contributed by atoms with Crippen LogP contribution in [-0.4, -0.2) is 99.6 Å². The van der Waals surface area contributed by atoms with Crippen LogP contribution in [-0.2, 0) is 28.8 Å². The first-order chi connectivity index (χ1) is 17.8. The van der Waals surface area contributed by atoms with Crippen molar-refractivity contribution in [1.82, 2.24) is 16.0 Å². The van der Waals surface area contributed by atoms with Crippen molar-refractivity contribution in [2.75, 3.05) is 18.6 Å². The van der Waals surface area contributed by atoms with Gasteiger partial charge in [-0.1, -0.05) is 0 Å². The Kier molecular flexibility index (Phi) is 16.9. The first-order valence-corrected chi connectivity index (χ1v) is 13.0. The topological polar surface area (TPSA) is 290 Å². The van der Waals surface area contributed by atoms with Crippen molar-refractivity contribution < 1.29 is 44.1 Å². The molecule has 0 aliphatic rings. The molecule has 0 aromatic carbocycles. The number of carbonyl (C=O) groups excluding carboxylic acids is 3. The van der Waals surface area contributed by atoms with Crippen LogP contribution in [0.5, 0.6) is 0 Å². The van der Waals surface area contributed by atoms with E-state index in [1.165, 1.54) is 11.8 Å². The minimum atomic E-state index is -1.42. The van der Waals surface area contributed by atoms with Gasteiger partial charge in [-0.3, -0.25) is 29.0 Å². The minimum absolute atomic E-state index is 0.0436. The number of aliphatic imine (C=N–C) groups is 1. The molecule has 216 valence electrons. The van der Waals surface area contributed by atoms with E-state index in [4.69, 9.17) is 27.4 Å². The van der Waals surface area contributed by atoms with Crippen LogP contribution in [0.4, 0.5) is 0 Å². The van der Waals surface area contributed by atoms with Crippen molar-refractivity contribution >= 4 is 53.4 Å². The molecular weight excluding hydrogens is 526 g/mol. The third kappa shape index (κ3) is 15.5. The summed E-state index contributed by atoms with van der Waals surface area (Å²) in [6.07, 6.45) is 0.672. The van der Waals surface area contributed by atoms with Crippen LogP contribution in [0, 0.1) is 0 Å². The van der Waals surface area contributed by atoms with Gasteiger partial charge >= 0.3 is 17.9 Å². The van der Waals surface area contributed by atoms with Crippen LogP contribution in [0.1, 0.15) is 44.9 Å². The quantitative estimate of drug-likeness (QED) is 0.0417. The van der Waals surface area contributed by atoms with Crippen molar-refractivity contribution in [1.29, 1.82) is 0 Å².